The molecule has 0 spiro atoms. The van der Waals surface area contributed by atoms with Gasteiger partial charge in [0.25, 0.3) is 0 Å². The number of aromatic nitrogens is 3. The highest BCUT2D eigenvalue weighted by molar-refractivity contribution is 9.11. The summed E-state index contributed by atoms with van der Waals surface area (Å²) in [7, 11) is 0. The molecule has 0 aliphatic carbocycles. The lowest BCUT2D eigenvalue weighted by atomic mass is 10.3. The molecule has 0 fully saturated rings. The van der Waals surface area contributed by atoms with Crippen LogP contribution in [0.25, 0.3) is 10.6 Å². The highest BCUT2D eigenvalue weighted by atomic mass is 79.9. The second-order valence-electron chi connectivity index (χ2n) is 2.20. The minimum atomic E-state index is 0.450. The van der Waals surface area contributed by atoms with Crippen molar-refractivity contribution in [1.29, 1.82) is 0 Å². The van der Waals surface area contributed by atoms with Gasteiger partial charge >= 0.3 is 0 Å². The molecule has 2 aromatic rings. The van der Waals surface area contributed by atoms with Gasteiger partial charge in [0.15, 0.2) is 8.92 Å². The average Bonchev–Trinajstić information content (AvgIpc) is 2.53. The number of nitrogens with zero attached hydrogens (tertiary/aromatic N) is 3. The molecule has 0 N–H and O–H groups in total. The normalized spacial score (nSPS) is 10.3. The van der Waals surface area contributed by atoms with Crippen LogP contribution in [0.4, 0.5) is 0 Å². The molecule has 0 amide bonds. The maximum absolute atomic E-state index is 5.88. The van der Waals surface area contributed by atoms with Crippen LogP contribution in [0.1, 0.15) is 0 Å². The van der Waals surface area contributed by atoms with Gasteiger partial charge in [-0.2, -0.15) is 0 Å². The first-order valence-corrected chi connectivity index (χ1v) is 5.36. The molecule has 0 unspecified atom stereocenters. The third-order valence-corrected chi connectivity index (χ3v) is 3.08. The van der Waals surface area contributed by atoms with E-state index >= 15 is 0 Å². The number of pyridine rings is 1. The van der Waals surface area contributed by atoms with Crippen LogP contribution in [0, 0.1) is 0 Å². The Kier molecular flexibility index (Phi) is 2.57. The zero-order valence-electron chi connectivity index (χ0n) is 6.24. The Hall–Kier alpha value is -0.520. The molecule has 2 heterocycles. The topological polar surface area (TPSA) is 38.7 Å². The van der Waals surface area contributed by atoms with Gasteiger partial charge in [-0.05, 0) is 28.1 Å². The van der Waals surface area contributed by atoms with E-state index in [0.29, 0.717) is 5.15 Å². The second-order valence-corrected chi connectivity index (χ2v) is 4.81. The molecule has 0 atom stereocenters. The van der Waals surface area contributed by atoms with Crippen molar-refractivity contribution >= 4 is 38.9 Å². The van der Waals surface area contributed by atoms with Gasteiger partial charge in [-0.1, -0.05) is 22.9 Å². The first-order chi connectivity index (χ1) is 6.27. The first-order valence-electron chi connectivity index (χ1n) is 3.37. The van der Waals surface area contributed by atoms with E-state index in [1.165, 1.54) is 11.3 Å². The second kappa shape index (κ2) is 3.69. The summed E-state index contributed by atoms with van der Waals surface area (Å²) in [5, 5.41) is 9.00. The largest absolute Gasteiger partial charge is 0.244 e. The average molecular weight is 277 g/mol. The van der Waals surface area contributed by atoms with Crippen LogP contribution in [0.3, 0.4) is 0 Å². The van der Waals surface area contributed by atoms with Gasteiger partial charge in [-0.3, -0.25) is 0 Å². The Labute approximate surface area is 91.9 Å². The number of rotatable bonds is 1. The highest BCUT2D eigenvalue weighted by Crippen LogP contribution is 2.29. The molecule has 13 heavy (non-hydrogen) atoms. The summed E-state index contributed by atoms with van der Waals surface area (Å²) in [5.41, 5.74) is 0.812. The monoisotopic (exact) mass is 275 g/mol. The lowest BCUT2D eigenvalue weighted by Gasteiger charge is -1.95. The van der Waals surface area contributed by atoms with Crippen LogP contribution in [-0.2, 0) is 0 Å². The Balaban J connectivity index is 2.52. The van der Waals surface area contributed by atoms with Crippen molar-refractivity contribution in [1.82, 2.24) is 15.2 Å². The fourth-order valence-electron chi connectivity index (χ4n) is 0.860. The van der Waals surface area contributed by atoms with Gasteiger partial charge in [0.1, 0.15) is 5.15 Å². The summed E-state index contributed by atoms with van der Waals surface area (Å²) in [6, 6.07) is 3.68. The van der Waals surface area contributed by atoms with Gasteiger partial charge in [-0.15, -0.1) is 10.2 Å². The summed E-state index contributed by atoms with van der Waals surface area (Å²) in [6.07, 6.45) is 1.64. The van der Waals surface area contributed by atoms with E-state index in [1.807, 2.05) is 12.1 Å². The maximum atomic E-state index is 5.88. The Morgan fingerprint density at radius 2 is 2.23 bits per heavy atom. The molecule has 0 saturated carbocycles. The van der Waals surface area contributed by atoms with Crippen LogP contribution in [0.5, 0.6) is 0 Å². The van der Waals surface area contributed by atoms with Crippen LogP contribution >= 0.6 is 38.9 Å². The lowest BCUT2D eigenvalue weighted by molar-refractivity contribution is 1.07. The predicted octanol–water partition coefficient (Wildman–Crippen LogP) is 3.02. The predicted molar refractivity (Wildman–Crippen MR) is 55.9 cm³/mol. The minimum Gasteiger partial charge on any atom is -0.244 e. The fraction of sp³-hybridized carbons (Fsp3) is 0. The Morgan fingerprint density at radius 3 is 2.85 bits per heavy atom. The molecule has 0 aromatic carbocycles. The van der Waals surface area contributed by atoms with Crippen molar-refractivity contribution in [3.8, 4) is 10.6 Å². The molecule has 0 radical (unpaired) electrons. The molecule has 6 heteroatoms. The smallest absolute Gasteiger partial charge is 0.183 e. The van der Waals surface area contributed by atoms with Crippen molar-refractivity contribution in [2.75, 3.05) is 0 Å². The van der Waals surface area contributed by atoms with Gasteiger partial charge < -0.3 is 0 Å². The summed E-state index contributed by atoms with van der Waals surface area (Å²) < 4.78 is 0.738. The zero-order valence-corrected chi connectivity index (χ0v) is 9.40. The minimum absolute atomic E-state index is 0.450. The quantitative estimate of drug-likeness (QED) is 0.752. The van der Waals surface area contributed by atoms with E-state index in [4.69, 9.17) is 11.6 Å². The SMILES string of the molecule is Clc1ncccc1-c1nnc(Br)s1. The van der Waals surface area contributed by atoms with Crippen molar-refractivity contribution < 1.29 is 0 Å². The molecule has 2 rings (SSSR count). The van der Waals surface area contributed by atoms with Crippen molar-refractivity contribution in [2.45, 2.75) is 0 Å². The van der Waals surface area contributed by atoms with Crippen LogP contribution in [-0.4, -0.2) is 15.2 Å². The molecular formula is C7H3BrClN3S. The summed E-state index contributed by atoms with van der Waals surface area (Å²) >= 11 is 10.5. The van der Waals surface area contributed by atoms with E-state index in [0.717, 1.165) is 14.5 Å². The molecule has 2 aromatic heterocycles. The third kappa shape index (κ3) is 1.87. The van der Waals surface area contributed by atoms with Gasteiger partial charge in [-0.25, -0.2) is 4.98 Å². The Morgan fingerprint density at radius 1 is 1.38 bits per heavy atom. The molecule has 3 nitrogen and oxygen atoms in total. The first kappa shape index (κ1) is 9.05. The molecule has 0 aliphatic heterocycles. The van der Waals surface area contributed by atoms with Crippen LogP contribution in [0.2, 0.25) is 5.15 Å². The number of hydrogen-bond donors (Lipinski definition) is 0. The van der Waals surface area contributed by atoms with Gasteiger partial charge in [0.2, 0.25) is 0 Å². The van der Waals surface area contributed by atoms with E-state index in [1.54, 1.807) is 6.20 Å². The Bertz CT molecular complexity index is 431. The van der Waals surface area contributed by atoms with Gasteiger partial charge in [0.05, 0.1) is 0 Å². The van der Waals surface area contributed by atoms with Crippen LogP contribution < -0.4 is 0 Å². The standard InChI is InChI=1S/C7H3BrClN3S/c8-7-12-11-6(13-7)4-2-1-3-10-5(4)9/h1-3H. The zero-order chi connectivity index (χ0) is 9.26. The van der Waals surface area contributed by atoms with E-state index in [-0.39, 0.29) is 0 Å². The number of halogens is 2. The molecule has 0 aliphatic rings. The van der Waals surface area contributed by atoms with Crippen LogP contribution in [0.15, 0.2) is 22.2 Å². The molecular weight excluding hydrogens is 274 g/mol. The summed E-state index contributed by atoms with van der Waals surface area (Å²) in [4.78, 5) is 3.95. The molecule has 66 valence electrons. The highest BCUT2D eigenvalue weighted by Gasteiger charge is 2.08. The fourth-order valence-corrected chi connectivity index (χ4v) is 2.26. The van der Waals surface area contributed by atoms with Gasteiger partial charge in [0, 0.05) is 11.8 Å². The van der Waals surface area contributed by atoms with E-state index in [2.05, 4.69) is 31.1 Å². The summed E-state index contributed by atoms with van der Waals surface area (Å²) in [6.45, 7) is 0. The maximum Gasteiger partial charge on any atom is 0.183 e. The van der Waals surface area contributed by atoms with Crippen molar-refractivity contribution in [3.05, 3.63) is 27.4 Å². The van der Waals surface area contributed by atoms with E-state index < -0.39 is 0 Å². The van der Waals surface area contributed by atoms with Crippen molar-refractivity contribution in [2.24, 2.45) is 0 Å². The molecule has 0 bridgehead atoms. The molecule has 0 saturated heterocycles. The third-order valence-electron chi connectivity index (χ3n) is 1.39. The summed E-state index contributed by atoms with van der Waals surface area (Å²) in [5.74, 6) is 0. The number of hydrogen-bond acceptors (Lipinski definition) is 4. The van der Waals surface area contributed by atoms with E-state index in [9.17, 15) is 0 Å². The lowest BCUT2D eigenvalue weighted by Crippen LogP contribution is -1.81. The van der Waals surface area contributed by atoms with Crippen molar-refractivity contribution in [3.63, 3.8) is 0 Å².